The zero-order valence-electron chi connectivity index (χ0n) is 12.8. The highest BCUT2D eigenvalue weighted by Crippen LogP contribution is 2.37. The molecule has 4 rings (SSSR count). The van der Waals surface area contributed by atoms with Gasteiger partial charge in [0.2, 0.25) is 0 Å². The molecule has 2 heterocycles. The van der Waals surface area contributed by atoms with Crippen molar-refractivity contribution in [2.75, 3.05) is 0 Å². The molecule has 22 heavy (non-hydrogen) atoms. The van der Waals surface area contributed by atoms with Crippen LogP contribution in [0, 0.1) is 0 Å². The molecule has 0 radical (unpaired) electrons. The number of para-hydroxylation sites is 2. The van der Waals surface area contributed by atoms with Crippen LogP contribution in [0.5, 0.6) is 0 Å². The van der Waals surface area contributed by atoms with Gasteiger partial charge in [-0.15, -0.1) is 11.3 Å². The second-order valence-corrected chi connectivity index (χ2v) is 6.65. The Balaban J connectivity index is 2.10. The Hall–Kier alpha value is -2.06. The topological polar surface area (TPSA) is 4.93 Å². The highest BCUT2D eigenvalue weighted by atomic mass is 32.1. The lowest BCUT2D eigenvalue weighted by Gasteiger charge is -2.09. The van der Waals surface area contributed by atoms with E-state index in [-0.39, 0.29) is 0 Å². The summed E-state index contributed by atoms with van der Waals surface area (Å²) < 4.78 is 2.52. The molecule has 0 aliphatic carbocycles. The van der Waals surface area contributed by atoms with E-state index in [1.807, 2.05) is 11.3 Å². The van der Waals surface area contributed by atoms with Crippen LogP contribution in [0.2, 0.25) is 0 Å². The zero-order valence-corrected chi connectivity index (χ0v) is 13.6. The number of unbranched alkanes of at least 4 members (excludes halogenated alkanes) is 1. The average molecular weight is 305 g/mol. The number of thiophene rings is 1. The summed E-state index contributed by atoms with van der Waals surface area (Å²) in [5.74, 6) is 0. The van der Waals surface area contributed by atoms with E-state index in [4.69, 9.17) is 0 Å². The lowest BCUT2D eigenvalue weighted by molar-refractivity contribution is 0.665. The molecule has 2 aromatic heterocycles. The molecular weight excluding hydrogens is 286 g/mol. The van der Waals surface area contributed by atoms with Gasteiger partial charge in [0.05, 0.1) is 5.52 Å². The standard InChI is InChI=1S/C20H19NS/c1-2-3-13-21-18-11-5-4-8-15(18)16-9-6-10-17(20(16)21)19-12-7-14-22-19/h4-12,14H,2-3,13H2,1H3. The Morgan fingerprint density at radius 1 is 0.909 bits per heavy atom. The Morgan fingerprint density at radius 2 is 1.77 bits per heavy atom. The molecule has 110 valence electrons. The number of fused-ring (bicyclic) bond motifs is 3. The molecule has 0 atom stereocenters. The summed E-state index contributed by atoms with van der Waals surface area (Å²) in [6, 6.07) is 19.9. The minimum atomic E-state index is 1.09. The van der Waals surface area contributed by atoms with E-state index in [0.717, 1.165) is 6.54 Å². The van der Waals surface area contributed by atoms with Gasteiger partial charge in [0.25, 0.3) is 0 Å². The van der Waals surface area contributed by atoms with Crippen molar-refractivity contribution in [3.05, 3.63) is 60.0 Å². The highest BCUT2D eigenvalue weighted by Gasteiger charge is 2.14. The summed E-state index contributed by atoms with van der Waals surface area (Å²) in [5, 5.41) is 4.90. The van der Waals surface area contributed by atoms with Crippen molar-refractivity contribution in [1.82, 2.24) is 4.57 Å². The molecule has 4 aromatic rings. The maximum absolute atomic E-state index is 2.52. The van der Waals surface area contributed by atoms with Crippen LogP contribution in [-0.4, -0.2) is 4.57 Å². The third-order valence-corrected chi connectivity index (χ3v) is 5.22. The van der Waals surface area contributed by atoms with Gasteiger partial charge in [-0.2, -0.15) is 0 Å². The Bertz CT molecular complexity index is 916. The van der Waals surface area contributed by atoms with Crippen molar-refractivity contribution in [1.29, 1.82) is 0 Å². The second kappa shape index (κ2) is 5.62. The van der Waals surface area contributed by atoms with Crippen molar-refractivity contribution in [2.45, 2.75) is 26.3 Å². The molecule has 0 fully saturated rings. The molecule has 0 N–H and O–H groups in total. The first kappa shape index (κ1) is 13.6. The molecule has 2 aromatic carbocycles. The minimum absolute atomic E-state index is 1.09. The van der Waals surface area contributed by atoms with Crippen LogP contribution < -0.4 is 0 Å². The lowest BCUT2D eigenvalue weighted by atomic mass is 10.1. The molecule has 0 bridgehead atoms. The molecule has 1 nitrogen and oxygen atoms in total. The van der Waals surface area contributed by atoms with E-state index in [1.165, 1.54) is 45.1 Å². The molecule has 0 spiro atoms. The van der Waals surface area contributed by atoms with Crippen LogP contribution in [0.25, 0.3) is 32.2 Å². The van der Waals surface area contributed by atoms with Gasteiger partial charge >= 0.3 is 0 Å². The first-order chi connectivity index (χ1) is 10.9. The Labute approximate surface area is 134 Å². The normalized spacial score (nSPS) is 11.5. The van der Waals surface area contributed by atoms with Crippen LogP contribution >= 0.6 is 11.3 Å². The summed E-state index contributed by atoms with van der Waals surface area (Å²) in [4.78, 5) is 1.35. The maximum atomic E-state index is 2.52. The van der Waals surface area contributed by atoms with Gasteiger partial charge < -0.3 is 4.57 Å². The fourth-order valence-electron chi connectivity index (χ4n) is 3.29. The molecule has 0 amide bonds. The fourth-order valence-corrected chi connectivity index (χ4v) is 4.04. The van der Waals surface area contributed by atoms with E-state index in [1.54, 1.807) is 0 Å². The number of hydrogen-bond donors (Lipinski definition) is 0. The quantitative estimate of drug-likeness (QED) is 0.415. The minimum Gasteiger partial charge on any atom is -0.340 e. The van der Waals surface area contributed by atoms with Crippen molar-refractivity contribution in [2.24, 2.45) is 0 Å². The SMILES string of the molecule is CCCCn1c2ccccc2c2cccc(-c3cccs3)c21. The van der Waals surface area contributed by atoms with E-state index in [0.29, 0.717) is 0 Å². The van der Waals surface area contributed by atoms with E-state index < -0.39 is 0 Å². The van der Waals surface area contributed by atoms with Gasteiger partial charge in [-0.1, -0.05) is 55.8 Å². The molecule has 2 heteroatoms. The maximum Gasteiger partial charge on any atom is 0.0579 e. The molecule has 0 unspecified atom stereocenters. The summed E-state index contributed by atoms with van der Waals surface area (Å²) in [6.07, 6.45) is 2.43. The predicted octanol–water partition coefficient (Wildman–Crippen LogP) is 6.32. The third-order valence-electron chi connectivity index (χ3n) is 4.31. The predicted molar refractivity (Wildman–Crippen MR) is 97.7 cm³/mol. The number of benzene rings is 2. The summed E-state index contributed by atoms with van der Waals surface area (Å²) in [7, 11) is 0. The van der Waals surface area contributed by atoms with Crippen LogP contribution in [-0.2, 0) is 6.54 Å². The highest BCUT2D eigenvalue weighted by molar-refractivity contribution is 7.13. The van der Waals surface area contributed by atoms with E-state index in [2.05, 4.69) is 71.5 Å². The fraction of sp³-hybridized carbons (Fsp3) is 0.200. The summed E-state index contributed by atoms with van der Waals surface area (Å²) >= 11 is 1.82. The Morgan fingerprint density at radius 3 is 2.59 bits per heavy atom. The zero-order chi connectivity index (χ0) is 14.9. The Kier molecular flexibility index (Phi) is 3.47. The molecule has 0 aliphatic rings. The molecular formula is C20H19NS. The number of rotatable bonds is 4. The van der Waals surface area contributed by atoms with Crippen LogP contribution in [0.1, 0.15) is 19.8 Å². The number of nitrogens with zero attached hydrogens (tertiary/aromatic N) is 1. The van der Waals surface area contributed by atoms with Crippen molar-refractivity contribution < 1.29 is 0 Å². The smallest absolute Gasteiger partial charge is 0.0579 e. The van der Waals surface area contributed by atoms with Gasteiger partial charge in [0, 0.05) is 33.3 Å². The van der Waals surface area contributed by atoms with Crippen molar-refractivity contribution >= 4 is 33.1 Å². The van der Waals surface area contributed by atoms with Crippen LogP contribution in [0.3, 0.4) is 0 Å². The second-order valence-electron chi connectivity index (χ2n) is 5.70. The van der Waals surface area contributed by atoms with Crippen molar-refractivity contribution in [3.8, 4) is 10.4 Å². The molecule has 0 aliphatic heterocycles. The van der Waals surface area contributed by atoms with E-state index >= 15 is 0 Å². The monoisotopic (exact) mass is 305 g/mol. The van der Waals surface area contributed by atoms with Crippen molar-refractivity contribution in [3.63, 3.8) is 0 Å². The third kappa shape index (κ3) is 2.06. The summed E-state index contributed by atoms with van der Waals surface area (Å²) in [6.45, 7) is 3.34. The lowest BCUT2D eigenvalue weighted by Crippen LogP contribution is -1.98. The molecule has 0 saturated heterocycles. The molecule has 0 saturated carbocycles. The largest absolute Gasteiger partial charge is 0.340 e. The van der Waals surface area contributed by atoms with Gasteiger partial charge in [-0.25, -0.2) is 0 Å². The van der Waals surface area contributed by atoms with Crippen LogP contribution in [0.4, 0.5) is 0 Å². The van der Waals surface area contributed by atoms with Gasteiger partial charge in [-0.05, 0) is 23.9 Å². The van der Waals surface area contributed by atoms with E-state index in [9.17, 15) is 0 Å². The number of hydrogen-bond acceptors (Lipinski definition) is 1. The first-order valence-electron chi connectivity index (χ1n) is 7.94. The number of aryl methyl sites for hydroxylation is 1. The van der Waals surface area contributed by atoms with Crippen LogP contribution in [0.15, 0.2) is 60.0 Å². The van der Waals surface area contributed by atoms with Gasteiger partial charge in [0.1, 0.15) is 0 Å². The van der Waals surface area contributed by atoms with Gasteiger partial charge in [-0.3, -0.25) is 0 Å². The average Bonchev–Trinajstić information content (AvgIpc) is 3.19. The summed E-state index contributed by atoms with van der Waals surface area (Å²) in [5.41, 5.74) is 4.11. The van der Waals surface area contributed by atoms with Gasteiger partial charge in [0.15, 0.2) is 0 Å². The number of aromatic nitrogens is 1. The first-order valence-corrected chi connectivity index (χ1v) is 8.82.